The number of carbonyl (C=O) groups is 1. The molecule has 3 rings (SSSR count). The number of aromatic nitrogens is 3. The van der Waals surface area contributed by atoms with E-state index in [-0.39, 0.29) is 17.7 Å². The van der Waals surface area contributed by atoms with Gasteiger partial charge in [0.05, 0.1) is 11.1 Å². The molecule has 2 aromatic heterocycles. The van der Waals surface area contributed by atoms with E-state index in [1.54, 1.807) is 36.5 Å². The summed E-state index contributed by atoms with van der Waals surface area (Å²) in [5.41, 5.74) is 1.57. The van der Waals surface area contributed by atoms with Crippen LogP contribution in [0, 0.1) is 5.92 Å². The van der Waals surface area contributed by atoms with Gasteiger partial charge in [0.25, 0.3) is 5.91 Å². The lowest BCUT2D eigenvalue weighted by atomic mass is 10.1. The first-order valence-electron chi connectivity index (χ1n) is 9.07. The average Bonchev–Trinajstić information content (AvgIpc) is 3.13. The third kappa shape index (κ3) is 5.59. The SMILES string of the molecule is CC(C)CNC(=O)c1ccc(Nc2nc3[nH]ccc3c(NCC(F)(F)F)[nH+]2)cc1. The molecule has 0 aliphatic rings. The van der Waals surface area contributed by atoms with Gasteiger partial charge in [0.1, 0.15) is 6.54 Å². The molecule has 0 saturated heterocycles. The van der Waals surface area contributed by atoms with Gasteiger partial charge >= 0.3 is 12.1 Å². The van der Waals surface area contributed by atoms with Gasteiger partial charge in [-0.25, -0.2) is 4.98 Å². The Balaban J connectivity index is 1.75. The van der Waals surface area contributed by atoms with Crippen LogP contribution in [-0.2, 0) is 0 Å². The van der Waals surface area contributed by atoms with Gasteiger partial charge in [-0.2, -0.15) is 13.2 Å². The summed E-state index contributed by atoms with van der Waals surface area (Å²) in [5.74, 6) is 0.633. The van der Waals surface area contributed by atoms with Crippen LogP contribution in [-0.4, -0.2) is 35.1 Å². The zero-order valence-electron chi connectivity index (χ0n) is 15.9. The minimum Gasteiger partial charge on any atom is -0.352 e. The lowest BCUT2D eigenvalue weighted by molar-refractivity contribution is -0.346. The van der Waals surface area contributed by atoms with Crippen LogP contribution in [0.25, 0.3) is 11.0 Å². The van der Waals surface area contributed by atoms with E-state index in [4.69, 9.17) is 0 Å². The third-order valence-electron chi connectivity index (χ3n) is 4.01. The summed E-state index contributed by atoms with van der Waals surface area (Å²) in [4.78, 5) is 22.1. The van der Waals surface area contributed by atoms with Crippen molar-refractivity contribution in [2.75, 3.05) is 23.7 Å². The summed E-state index contributed by atoms with van der Waals surface area (Å²) in [6, 6.07) is 8.34. The minimum atomic E-state index is -4.35. The van der Waals surface area contributed by atoms with Crippen molar-refractivity contribution in [3.63, 3.8) is 0 Å². The van der Waals surface area contributed by atoms with E-state index in [1.807, 2.05) is 13.8 Å². The molecular formula is C19H22F3N6O+. The predicted molar refractivity (Wildman–Crippen MR) is 104 cm³/mol. The second kappa shape index (κ2) is 8.38. The number of carbonyl (C=O) groups excluding carboxylic acids is 1. The maximum Gasteiger partial charge on any atom is 0.415 e. The molecule has 1 amide bonds. The first-order valence-corrected chi connectivity index (χ1v) is 9.07. The van der Waals surface area contributed by atoms with E-state index in [1.165, 1.54) is 0 Å². The van der Waals surface area contributed by atoms with Gasteiger partial charge in [0, 0.05) is 18.3 Å². The van der Waals surface area contributed by atoms with Crippen molar-refractivity contribution in [2.45, 2.75) is 20.0 Å². The molecule has 0 atom stereocenters. The highest BCUT2D eigenvalue weighted by molar-refractivity contribution is 5.94. The Hall–Kier alpha value is -3.30. The summed E-state index contributed by atoms with van der Waals surface area (Å²) in [7, 11) is 0. The zero-order chi connectivity index (χ0) is 21.0. The fraction of sp³-hybridized carbons (Fsp3) is 0.316. The molecule has 0 radical (unpaired) electrons. The molecule has 154 valence electrons. The van der Waals surface area contributed by atoms with Crippen LogP contribution < -0.4 is 20.9 Å². The van der Waals surface area contributed by atoms with Gasteiger partial charge in [0.15, 0.2) is 0 Å². The van der Waals surface area contributed by atoms with Gasteiger partial charge in [-0.05, 0) is 36.2 Å². The van der Waals surface area contributed by atoms with E-state index < -0.39 is 12.7 Å². The second-order valence-corrected chi connectivity index (χ2v) is 6.98. The molecule has 0 fully saturated rings. The van der Waals surface area contributed by atoms with Crippen molar-refractivity contribution < 1.29 is 22.9 Å². The highest BCUT2D eigenvalue weighted by atomic mass is 19.4. The Morgan fingerprint density at radius 1 is 1.21 bits per heavy atom. The highest BCUT2D eigenvalue weighted by Gasteiger charge is 2.29. The van der Waals surface area contributed by atoms with Crippen LogP contribution >= 0.6 is 0 Å². The average molecular weight is 407 g/mol. The first kappa shape index (κ1) is 20.4. The van der Waals surface area contributed by atoms with Crippen LogP contribution in [0.5, 0.6) is 0 Å². The fourth-order valence-electron chi connectivity index (χ4n) is 2.61. The number of rotatable bonds is 7. The molecule has 0 aliphatic heterocycles. The molecule has 29 heavy (non-hydrogen) atoms. The number of halogens is 3. The number of anilines is 3. The highest BCUT2D eigenvalue weighted by Crippen LogP contribution is 2.22. The van der Waals surface area contributed by atoms with Crippen LogP contribution in [0.4, 0.5) is 30.6 Å². The number of alkyl halides is 3. The molecule has 0 spiro atoms. The number of nitrogens with zero attached hydrogens (tertiary/aromatic N) is 1. The maximum atomic E-state index is 12.6. The predicted octanol–water partition coefficient (Wildman–Crippen LogP) is 3.48. The van der Waals surface area contributed by atoms with E-state index >= 15 is 0 Å². The molecule has 0 bridgehead atoms. The third-order valence-corrected chi connectivity index (χ3v) is 4.01. The number of aromatic amines is 2. The largest absolute Gasteiger partial charge is 0.415 e. The summed E-state index contributed by atoms with van der Waals surface area (Å²) < 4.78 is 37.7. The smallest absolute Gasteiger partial charge is 0.352 e. The van der Waals surface area contributed by atoms with Crippen LogP contribution in [0.3, 0.4) is 0 Å². The lowest BCUT2D eigenvalue weighted by Gasteiger charge is -2.09. The zero-order valence-corrected chi connectivity index (χ0v) is 15.9. The molecule has 3 aromatic rings. The Bertz CT molecular complexity index is 982. The number of amides is 1. The van der Waals surface area contributed by atoms with Crippen LogP contribution in [0.15, 0.2) is 36.5 Å². The number of hydrogen-bond donors (Lipinski definition) is 4. The fourth-order valence-corrected chi connectivity index (χ4v) is 2.61. The Morgan fingerprint density at radius 3 is 2.59 bits per heavy atom. The number of H-pyrrole nitrogens is 2. The molecule has 10 heteroatoms. The van der Waals surface area contributed by atoms with Crippen molar-refractivity contribution in [1.82, 2.24) is 15.3 Å². The quantitative estimate of drug-likeness (QED) is 0.482. The monoisotopic (exact) mass is 407 g/mol. The number of fused-ring (bicyclic) bond motifs is 1. The molecule has 0 saturated carbocycles. The molecule has 5 N–H and O–H groups in total. The number of hydrogen-bond acceptors (Lipinski definition) is 4. The molecule has 2 heterocycles. The number of benzene rings is 1. The minimum absolute atomic E-state index is 0.165. The van der Waals surface area contributed by atoms with Crippen LogP contribution in [0.1, 0.15) is 24.2 Å². The first-order chi connectivity index (χ1) is 13.7. The molecule has 7 nitrogen and oxygen atoms in total. The van der Waals surface area contributed by atoms with Gasteiger partial charge in [0.2, 0.25) is 11.5 Å². The summed E-state index contributed by atoms with van der Waals surface area (Å²) in [6.07, 6.45) is -2.75. The standard InChI is InChI=1S/C19H21F3N6O/c1-11(2)9-24-17(29)12-3-5-13(6-4-12)26-18-27-15-14(7-8-23-15)16(28-18)25-10-19(20,21)22/h3-8,11H,9-10H2,1-2H3,(H,24,29)(H3,23,25,26,27,28)/p+1. The van der Waals surface area contributed by atoms with Crippen molar-refractivity contribution in [3.8, 4) is 0 Å². The molecule has 0 unspecified atom stereocenters. The van der Waals surface area contributed by atoms with Gasteiger partial charge < -0.3 is 15.6 Å². The van der Waals surface area contributed by atoms with Crippen LogP contribution in [0.2, 0.25) is 0 Å². The van der Waals surface area contributed by atoms with Crippen molar-refractivity contribution in [1.29, 1.82) is 0 Å². The Morgan fingerprint density at radius 2 is 1.93 bits per heavy atom. The van der Waals surface area contributed by atoms with Gasteiger partial charge in [-0.15, -0.1) is 0 Å². The topological polar surface area (TPSA) is 96.0 Å². The lowest BCUT2D eigenvalue weighted by Crippen LogP contribution is -2.27. The second-order valence-electron chi connectivity index (χ2n) is 6.98. The Kier molecular flexibility index (Phi) is 5.90. The van der Waals surface area contributed by atoms with E-state index in [2.05, 4.69) is 30.9 Å². The van der Waals surface area contributed by atoms with E-state index in [0.717, 1.165) is 0 Å². The molecular weight excluding hydrogens is 385 g/mol. The van der Waals surface area contributed by atoms with Crippen molar-refractivity contribution in [3.05, 3.63) is 42.1 Å². The maximum absolute atomic E-state index is 12.6. The van der Waals surface area contributed by atoms with E-state index in [9.17, 15) is 18.0 Å². The summed E-state index contributed by atoms with van der Waals surface area (Å²) >= 11 is 0. The van der Waals surface area contributed by atoms with E-state index in [0.29, 0.717) is 34.7 Å². The normalized spacial score (nSPS) is 11.7. The van der Waals surface area contributed by atoms with Gasteiger partial charge in [-0.3, -0.25) is 10.1 Å². The number of nitrogens with one attached hydrogen (secondary N) is 5. The Labute approximate surface area is 165 Å². The molecule has 1 aromatic carbocycles. The summed E-state index contributed by atoms with van der Waals surface area (Å²) in [6.45, 7) is 3.43. The van der Waals surface area contributed by atoms with Gasteiger partial charge in [-0.1, -0.05) is 18.8 Å². The van der Waals surface area contributed by atoms with Crippen molar-refractivity contribution in [2.24, 2.45) is 5.92 Å². The molecule has 0 aliphatic carbocycles. The van der Waals surface area contributed by atoms with Crippen molar-refractivity contribution >= 4 is 34.4 Å². The summed E-state index contributed by atoms with van der Waals surface area (Å²) in [5, 5.41) is 8.70.